The summed E-state index contributed by atoms with van der Waals surface area (Å²) in [7, 11) is 0. The van der Waals surface area contributed by atoms with Crippen molar-refractivity contribution in [2.24, 2.45) is 11.8 Å². The lowest BCUT2D eigenvalue weighted by Gasteiger charge is -2.39. The molecule has 23 heavy (non-hydrogen) atoms. The number of likely N-dealkylation sites (tertiary alicyclic amines) is 1. The van der Waals surface area contributed by atoms with Crippen molar-refractivity contribution in [2.45, 2.75) is 44.4 Å². The van der Waals surface area contributed by atoms with Crippen LogP contribution in [0.1, 0.15) is 50.0 Å². The summed E-state index contributed by atoms with van der Waals surface area (Å²) in [6, 6.07) is 9.96. The van der Waals surface area contributed by atoms with Gasteiger partial charge in [-0.2, -0.15) is 0 Å². The lowest BCUT2D eigenvalue weighted by molar-refractivity contribution is -0.141. The van der Waals surface area contributed by atoms with Gasteiger partial charge in [0.1, 0.15) is 0 Å². The summed E-state index contributed by atoms with van der Waals surface area (Å²) in [5.74, 6) is 0.236. The second-order valence-electron chi connectivity index (χ2n) is 6.91. The Morgan fingerprint density at radius 1 is 1.09 bits per heavy atom. The summed E-state index contributed by atoms with van der Waals surface area (Å²) in [5.41, 5.74) is 1.11. The fourth-order valence-corrected chi connectivity index (χ4v) is 3.88. The van der Waals surface area contributed by atoms with Gasteiger partial charge < -0.3 is 10.0 Å². The molecule has 1 aromatic rings. The highest BCUT2D eigenvalue weighted by molar-refractivity contribution is 5.79. The molecule has 1 unspecified atom stereocenters. The minimum Gasteiger partial charge on any atom is -0.481 e. The highest BCUT2D eigenvalue weighted by Gasteiger charge is 2.34. The van der Waals surface area contributed by atoms with E-state index in [0.717, 1.165) is 44.3 Å². The van der Waals surface area contributed by atoms with Crippen LogP contribution in [0.2, 0.25) is 0 Å². The van der Waals surface area contributed by atoms with Crippen LogP contribution in [0.25, 0.3) is 0 Å². The standard InChI is InChI=1S/C19H25NO3/c21-18(22)13-17(14-5-2-1-3-6-14)15-9-11-20(12-10-15)19(23)16-7-4-8-16/h1-3,5-6,15-17H,4,7-13H2,(H,21,22). The molecule has 124 valence electrons. The number of hydrogen-bond donors (Lipinski definition) is 1. The fraction of sp³-hybridized carbons (Fsp3) is 0.579. The highest BCUT2D eigenvalue weighted by atomic mass is 16.4. The van der Waals surface area contributed by atoms with Crippen molar-refractivity contribution in [3.63, 3.8) is 0 Å². The summed E-state index contributed by atoms with van der Waals surface area (Å²) < 4.78 is 0. The highest BCUT2D eigenvalue weighted by Crippen LogP contribution is 2.36. The molecule has 1 N–H and O–H groups in total. The van der Waals surface area contributed by atoms with Crippen LogP contribution in [0.4, 0.5) is 0 Å². The summed E-state index contributed by atoms with van der Waals surface area (Å²) in [5, 5.41) is 9.26. The second-order valence-corrected chi connectivity index (χ2v) is 6.91. The average Bonchev–Trinajstić information content (AvgIpc) is 2.52. The number of carbonyl (C=O) groups excluding carboxylic acids is 1. The number of rotatable bonds is 5. The lowest BCUT2D eigenvalue weighted by atomic mass is 9.77. The first kappa shape index (κ1) is 16.0. The van der Waals surface area contributed by atoms with Gasteiger partial charge in [-0.25, -0.2) is 0 Å². The average molecular weight is 315 g/mol. The number of carboxylic acids is 1. The number of aliphatic carboxylic acids is 1. The van der Waals surface area contributed by atoms with E-state index in [0.29, 0.717) is 11.8 Å². The van der Waals surface area contributed by atoms with Crippen LogP contribution in [0.5, 0.6) is 0 Å². The van der Waals surface area contributed by atoms with Crippen LogP contribution < -0.4 is 0 Å². The Morgan fingerprint density at radius 3 is 2.26 bits per heavy atom. The molecule has 1 aromatic carbocycles. The van der Waals surface area contributed by atoms with Gasteiger partial charge in [0.2, 0.25) is 5.91 Å². The van der Waals surface area contributed by atoms with Crippen LogP contribution in [0.3, 0.4) is 0 Å². The zero-order valence-corrected chi connectivity index (χ0v) is 13.5. The van der Waals surface area contributed by atoms with E-state index in [2.05, 4.69) is 0 Å². The first-order valence-corrected chi connectivity index (χ1v) is 8.70. The Morgan fingerprint density at radius 2 is 1.74 bits per heavy atom. The summed E-state index contributed by atoms with van der Waals surface area (Å²) in [4.78, 5) is 25.6. The Kier molecular flexibility index (Phi) is 4.99. The van der Waals surface area contributed by atoms with Gasteiger partial charge in [-0.15, -0.1) is 0 Å². The normalized spacial score (nSPS) is 20.8. The van der Waals surface area contributed by atoms with Crippen LogP contribution in [-0.4, -0.2) is 35.0 Å². The summed E-state index contributed by atoms with van der Waals surface area (Å²) in [6.07, 6.45) is 5.26. The zero-order valence-electron chi connectivity index (χ0n) is 13.5. The Bertz CT molecular complexity index is 545. The van der Waals surface area contributed by atoms with Crippen LogP contribution in [-0.2, 0) is 9.59 Å². The van der Waals surface area contributed by atoms with Crippen molar-refractivity contribution >= 4 is 11.9 Å². The zero-order chi connectivity index (χ0) is 16.2. The first-order valence-electron chi connectivity index (χ1n) is 8.70. The smallest absolute Gasteiger partial charge is 0.303 e. The number of amides is 1. The number of hydrogen-bond acceptors (Lipinski definition) is 2. The van der Waals surface area contributed by atoms with Gasteiger partial charge in [0.15, 0.2) is 0 Å². The molecular weight excluding hydrogens is 290 g/mol. The molecule has 2 fully saturated rings. The topological polar surface area (TPSA) is 57.6 Å². The van der Waals surface area contributed by atoms with Gasteiger partial charge in [-0.3, -0.25) is 9.59 Å². The molecule has 1 saturated carbocycles. The van der Waals surface area contributed by atoms with Crippen molar-refractivity contribution in [2.75, 3.05) is 13.1 Å². The van der Waals surface area contributed by atoms with Crippen molar-refractivity contribution < 1.29 is 14.7 Å². The van der Waals surface area contributed by atoms with Crippen LogP contribution in [0, 0.1) is 11.8 Å². The summed E-state index contributed by atoms with van der Waals surface area (Å²) >= 11 is 0. The molecule has 1 aliphatic carbocycles. The van der Waals surface area contributed by atoms with Crippen molar-refractivity contribution in [3.8, 4) is 0 Å². The van der Waals surface area contributed by atoms with E-state index >= 15 is 0 Å². The third-order valence-electron chi connectivity index (χ3n) is 5.50. The number of nitrogens with zero attached hydrogens (tertiary/aromatic N) is 1. The molecule has 2 aliphatic rings. The van der Waals surface area contributed by atoms with Gasteiger partial charge in [-0.05, 0) is 43.1 Å². The van der Waals surface area contributed by atoms with Crippen molar-refractivity contribution in [1.82, 2.24) is 4.90 Å². The Balaban J connectivity index is 1.63. The molecule has 1 heterocycles. The Hall–Kier alpha value is -1.84. The molecule has 3 rings (SSSR count). The largest absolute Gasteiger partial charge is 0.481 e. The van der Waals surface area contributed by atoms with Crippen LogP contribution in [0.15, 0.2) is 30.3 Å². The van der Waals surface area contributed by atoms with Gasteiger partial charge in [0.05, 0.1) is 6.42 Å². The van der Waals surface area contributed by atoms with E-state index in [9.17, 15) is 14.7 Å². The van der Waals surface area contributed by atoms with Crippen molar-refractivity contribution in [1.29, 1.82) is 0 Å². The molecule has 4 nitrogen and oxygen atoms in total. The number of carboxylic acid groups (broad SMARTS) is 1. The lowest BCUT2D eigenvalue weighted by Crippen LogP contribution is -2.44. The third kappa shape index (κ3) is 3.74. The molecule has 4 heteroatoms. The maximum atomic E-state index is 12.3. The second kappa shape index (κ2) is 7.16. The van der Waals surface area contributed by atoms with E-state index in [1.165, 1.54) is 6.42 Å². The first-order chi connectivity index (χ1) is 11.1. The van der Waals surface area contributed by atoms with E-state index in [1.54, 1.807) is 0 Å². The van der Waals surface area contributed by atoms with E-state index in [1.807, 2.05) is 35.2 Å². The molecule has 1 aliphatic heterocycles. The monoisotopic (exact) mass is 315 g/mol. The van der Waals surface area contributed by atoms with E-state index in [-0.39, 0.29) is 18.3 Å². The number of carbonyl (C=O) groups is 2. The molecule has 1 amide bonds. The maximum absolute atomic E-state index is 12.3. The minimum atomic E-state index is -0.744. The van der Waals surface area contributed by atoms with Gasteiger partial charge in [0, 0.05) is 19.0 Å². The molecule has 1 saturated heterocycles. The summed E-state index contributed by atoms with van der Waals surface area (Å²) in [6.45, 7) is 1.56. The number of piperidine rings is 1. The van der Waals surface area contributed by atoms with Gasteiger partial charge >= 0.3 is 5.97 Å². The van der Waals surface area contributed by atoms with E-state index in [4.69, 9.17) is 0 Å². The fourth-order valence-electron chi connectivity index (χ4n) is 3.88. The third-order valence-corrected chi connectivity index (χ3v) is 5.50. The molecule has 0 aromatic heterocycles. The predicted molar refractivity (Wildman–Crippen MR) is 88.1 cm³/mol. The molecule has 0 radical (unpaired) electrons. The molecule has 1 atom stereocenters. The van der Waals surface area contributed by atoms with Gasteiger partial charge in [-0.1, -0.05) is 36.8 Å². The predicted octanol–water partition coefficient (Wildman–Crippen LogP) is 3.28. The quantitative estimate of drug-likeness (QED) is 0.907. The van der Waals surface area contributed by atoms with Gasteiger partial charge in [0.25, 0.3) is 0 Å². The molecular formula is C19H25NO3. The van der Waals surface area contributed by atoms with Crippen molar-refractivity contribution in [3.05, 3.63) is 35.9 Å². The van der Waals surface area contributed by atoms with Crippen LogP contribution >= 0.6 is 0 Å². The minimum absolute atomic E-state index is 0.0506. The number of benzene rings is 1. The molecule has 0 spiro atoms. The molecule has 0 bridgehead atoms. The maximum Gasteiger partial charge on any atom is 0.303 e. The SMILES string of the molecule is O=C(O)CC(c1ccccc1)C1CCN(C(=O)C2CCC2)CC1. The Labute approximate surface area is 137 Å². The van der Waals surface area contributed by atoms with E-state index < -0.39 is 5.97 Å².